The zero-order valence-corrected chi connectivity index (χ0v) is 13.6. The van der Waals surface area contributed by atoms with E-state index in [1.807, 2.05) is 27.7 Å². The molecule has 0 saturated carbocycles. The van der Waals surface area contributed by atoms with E-state index in [1.165, 1.54) is 0 Å². The molecule has 0 bridgehead atoms. The summed E-state index contributed by atoms with van der Waals surface area (Å²) < 4.78 is 7.23. The van der Waals surface area contributed by atoms with Gasteiger partial charge < -0.3 is 19.3 Å². The van der Waals surface area contributed by atoms with Gasteiger partial charge >= 0.3 is 0 Å². The molecular formula is C15H18ClN5O2. The summed E-state index contributed by atoms with van der Waals surface area (Å²) in [5.74, 6) is 1.55. The molecular weight excluding hydrogens is 318 g/mol. The Labute approximate surface area is 139 Å². The predicted molar refractivity (Wildman–Crippen MR) is 89.0 cm³/mol. The van der Waals surface area contributed by atoms with Crippen molar-refractivity contribution in [2.24, 2.45) is 4.99 Å². The molecule has 1 aromatic heterocycles. The number of aromatic nitrogens is 3. The second-order valence-corrected chi connectivity index (χ2v) is 5.56. The Hall–Kier alpha value is -1.96. The normalized spacial score (nSPS) is 14.0. The van der Waals surface area contributed by atoms with Gasteiger partial charge in [-0.1, -0.05) is 11.6 Å². The van der Waals surface area contributed by atoms with Gasteiger partial charge in [0.1, 0.15) is 6.61 Å². The number of rotatable bonds is 5. The molecule has 0 fully saturated rings. The SMILES string of the molecule is COCc1nnc2n1CCN(/C=N\CCO)c1ccc(Cl)cc1-2. The Kier molecular flexibility index (Phi) is 4.90. The monoisotopic (exact) mass is 335 g/mol. The molecule has 7 nitrogen and oxygen atoms in total. The van der Waals surface area contributed by atoms with E-state index >= 15 is 0 Å². The third-order valence-corrected chi connectivity index (χ3v) is 3.86. The maximum absolute atomic E-state index is 8.90. The molecule has 122 valence electrons. The smallest absolute Gasteiger partial charge is 0.166 e. The summed E-state index contributed by atoms with van der Waals surface area (Å²) in [5.41, 5.74) is 1.87. The molecule has 1 aliphatic heterocycles. The minimum atomic E-state index is 0.0291. The molecule has 1 N–H and O–H groups in total. The summed E-state index contributed by atoms with van der Waals surface area (Å²) in [5, 5.41) is 18.1. The predicted octanol–water partition coefficient (Wildman–Crippen LogP) is 1.59. The molecule has 1 aliphatic rings. The Morgan fingerprint density at radius 2 is 2.26 bits per heavy atom. The fourth-order valence-electron chi connectivity index (χ4n) is 2.61. The Bertz CT molecular complexity index is 716. The highest BCUT2D eigenvalue weighted by atomic mass is 35.5. The van der Waals surface area contributed by atoms with E-state index in [4.69, 9.17) is 21.4 Å². The third-order valence-electron chi connectivity index (χ3n) is 3.62. The summed E-state index contributed by atoms with van der Waals surface area (Å²) in [6.45, 7) is 2.23. The number of benzene rings is 1. The molecule has 23 heavy (non-hydrogen) atoms. The van der Waals surface area contributed by atoms with Gasteiger partial charge in [0.2, 0.25) is 0 Å². The van der Waals surface area contributed by atoms with Gasteiger partial charge in [0.05, 0.1) is 25.2 Å². The zero-order valence-electron chi connectivity index (χ0n) is 12.8. The first-order valence-corrected chi connectivity index (χ1v) is 7.70. The topological polar surface area (TPSA) is 75.8 Å². The lowest BCUT2D eigenvalue weighted by molar-refractivity contribution is 0.174. The highest BCUT2D eigenvalue weighted by Crippen LogP contribution is 2.34. The molecule has 2 heterocycles. The van der Waals surface area contributed by atoms with Crippen molar-refractivity contribution in [3.05, 3.63) is 29.0 Å². The fraction of sp³-hybridized carbons (Fsp3) is 0.400. The zero-order chi connectivity index (χ0) is 16.2. The number of aliphatic hydroxyl groups excluding tert-OH is 1. The van der Waals surface area contributed by atoms with Gasteiger partial charge in [-0.25, -0.2) is 0 Å². The second-order valence-electron chi connectivity index (χ2n) is 5.12. The highest BCUT2D eigenvalue weighted by molar-refractivity contribution is 6.31. The van der Waals surface area contributed by atoms with E-state index < -0.39 is 0 Å². The van der Waals surface area contributed by atoms with Crippen LogP contribution < -0.4 is 4.90 Å². The van der Waals surface area contributed by atoms with Crippen molar-refractivity contribution in [2.75, 3.05) is 31.7 Å². The number of aliphatic imine (C=N–C) groups is 1. The van der Waals surface area contributed by atoms with Gasteiger partial charge in [0, 0.05) is 30.8 Å². The van der Waals surface area contributed by atoms with E-state index in [1.54, 1.807) is 13.4 Å². The first kappa shape index (κ1) is 15.9. The number of aliphatic hydroxyl groups is 1. The Morgan fingerprint density at radius 1 is 1.39 bits per heavy atom. The van der Waals surface area contributed by atoms with Crippen molar-refractivity contribution >= 4 is 23.6 Å². The largest absolute Gasteiger partial charge is 0.394 e. The molecule has 2 aromatic rings. The number of hydrogen-bond acceptors (Lipinski definition) is 5. The summed E-state index contributed by atoms with van der Waals surface area (Å²) in [6.07, 6.45) is 1.75. The van der Waals surface area contributed by atoms with Crippen LogP contribution in [0, 0.1) is 0 Å². The molecule has 0 saturated heterocycles. The summed E-state index contributed by atoms with van der Waals surface area (Å²) in [6, 6.07) is 5.67. The number of anilines is 1. The van der Waals surface area contributed by atoms with Crippen molar-refractivity contribution in [3.63, 3.8) is 0 Å². The van der Waals surface area contributed by atoms with Gasteiger partial charge in [0.25, 0.3) is 0 Å². The van der Waals surface area contributed by atoms with E-state index in [2.05, 4.69) is 15.2 Å². The molecule has 8 heteroatoms. The second kappa shape index (κ2) is 7.08. The first-order chi connectivity index (χ1) is 11.2. The number of nitrogens with zero attached hydrogens (tertiary/aromatic N) is 5. The van der Waals surface area contributed by atoms with Gasteiger partial charge in [-0.05, 0) is 18.2 Å². The van der Waals surface area contributed by atoms with Crippen LogP contribution in [-0.4, -0.2) is 53.0 Å². The molecule has 3 rings (SSSR count). The van der Waals surface area contributed by atoms with Crippen molar-refractivity contribution in [3.8, 4) is 11.4 Å². The van der Waals surface area contributed by atoms with E-state index in [0.29, 0.717) is 31.3 Å². The van der Waals surface area contributed by atoms with Crippen molar-refractivity contribution < 1.29 is 9.84 Å². The molecule has 0 spiro atoms. The van der Waals surface area contributed by atoms with Crippen LogP contribution in [0.1, 0.15) is 5.82 Å². The average molecular weight is 336 g/mol. The van der Waals surface area contributed by atoms with Gasteiger partial charge in [-0.2, -0.15) is 0 Å². The van der Waals surface area contributed by atoms with E-state index in [0.717, 1.165) is 22.9 Å². The van der Waals surface area contributed by atoms with Gasteiger partial charge in [0.15, 0.2) is 11.6 Å². The van der Waals surface area contributed by atoms with Crippen molar-refractivity contribution in [1.82, 2.24) is 14.8 Å². The molecule has 0 aliphatic carbocycles. The van der Waals surface area contributed by atoms with Crippen LogP contribution in [-0.2, 0) is 17.9 Å². The lowest BCUT2D eigenvalue weighted by Crippen LogP contribution is -2.25. The minimum Gasteiger partial charge on any atom is -0.394 e. The molecule has 1 aromatic carbocycles. The van der Waals surface area contributed by atoms with Crippen molar-refractivity contribution in [2.45, 2.75) is 13.2 Å². The number of hydrogen-bond donors (Lipinski definition) is 1. The number of methoxy groups -OCH3 is 1. The first-order valence-electron chi connectivity index (χ1n) is 7.33. The lowest BCUT2D eigenvalue weighted by Gasteiger charge is -2.19. The minimum absolute atomic E-state index is 0.0291. The van der Waals surface area contributed by atoms with Crippen LogP contribution in [0.15, 0.2) is 23.2 Å². The number of ether oxygens (including phenoxy) is 1. The summed E-state index contributed by atoms with van der Waals surface area (Å²) in [4.78, 5) is 6.26. The maximum Gasteiger partial charge on any atom is 0.166 e. The number of halogens is 1. The van der Waals surface area contributed by atoms with E-state index in [9.17, 15) is 0 Å². The quantitative estimate of drug-likeness (QED) is 0.663. The van der Waals surface area contributed by atoms with E-state index in [-0.39, 0.29) is 6.61 Å². The molecule has 0 atom stereocenters. The Balaban J connectivity index is 2.05. The Morgan fingerprint density at radius 3 is 3.04 bits per heavy atom. The summed E-state index contributed by atoms with van der Waals surface area (Å²) >= 11 is 6.17. The fourth-order valence-corrected chi connectivity index (χ4v) is 2.78. The number of fused-ring (bicyclic) bond motifs is 3. The van der Waals surface area contributed by atoms with Gasteiger partial charge in [-0.3, -0.25) is 4.99 Å². The van der Waals surface area contributed by atoms with Gasteiger partial charge in [-0.15, -0.1) is 10.2 Å². The van der Waals surface area contributed by atoms with Crippen LogP contribution in [0.2, 0.25) is 5.02 Å². The van der Waals surface area contributed by atoms with Crippen LogP contribution in [0.3, 0.4) is 0 Å². The molecule has 0 radical (unpaired) electrons. The van der Waals surface area contributed by atoms with Crippen LogP contribution in [0.5, 0.6) is 0 Å². The molecule has 0 amide bonds. The van der Waals surface area contributed by atoms with Crippen LogP contribution >= 0.6 is 11.6 Å². The summed E-state index contributed by atoms with van der Waals surface area (Å²) in [7, 11) is 1.64. The van der Waals surface area contributed by atoms with Crippen LogP contribution in [0.4, 0.5) is 5.69 Å². The van der Waals surface area contributed by atoms with Crippen molar-refractivity contribution in [1.29, 1.82) is 0 Å². The average Bonchev–Trinajstić information content (AvgIpc) is 2.87. The third kappa shape index (κ3) is 3.21. The maximum atomic E-state index is 8.90. The van der Waals surface area contributed by atoms with Crippen LogP contribution in [0.25, 0.3) is 11.4 Å². The standard InChI is InChI=1S/C15H18ClN5O2/c1-23-9-14-18-19-15-12-8-11(16)2-3-13(12)20(5-6-21(14)15)10-17-4-7-22/h2-3,8,10,22H,4-7,9H2,1H3/b17-10-. The molecule has 0 unspecified atom stereocenters. The highest BCUT2D eigenvalue weighted by Gasteiger charge is 2.23. The lowest BCUT2D eigenvalue weighted by atomic mass is 10.1.